The summed E-state index contributed by atoms with van der Waals surface area (Å²) in [7, 11) is 1.63. The lowest BCUT2D eigenvalue weighted by Crippen LogP contribution is -2.11. The highest BCUT2D eigenvalue weighted by Crippen LogP contribution is 2.32. The van der Waals surface area contributed by atoms with Gasteiger partial charge in [0.05, 0.1) is 13.0 Å². The van der Waals surface area contributed by atoms with E-state index in [1.165, 1.54) is 5.75 Å². The first-order chi connectivity index (χ1) is 8.83. The predicted octanol–water partition coefficient (Wildman–Crippen LogP) is 2.86. The van der Waals surface area contributed by atoms with Gasteiger partial charge in [0, 0.05) is 17.9 Å². The molecule has 1 fully saturated rings. The molecule has 3 heterocycles. The number of fused-ring (bicyclic) bond motifs is 1. The Balaban J connectivity index is 2.17. The Bertz CT molecular complexity index is 566. The van der Waals surface area contributed by atoms with Gasteiger partial charge in [0.1, 0.15) is 11.3 Å². The summed E-state index contributed by atoms with van der Waals surface area (Å²) >= 11 is 7.97. The van der Waals surface area contributed by atoms with Gasteiger partial charge in [0.2, 0.25) is 5.88 Å². The molecule has 0 aromatic carbocycles. The predicted molar refractivity (Wildman–Crippen MR) is 74.6 cm³/mol. The Kier molecular flexibility index (Phi) is 3.35. The fraction of sp³-hybridized carbons (Fsp3) is 0.500. The molecule has 2 aromatic rings. The molecule has 0 saturated carbocycles. The summed E-state index contributed by atoms with van der Waals surface area (Å²) in [6.07, 6.45) is 1.15. The summed E-state index contributed by atoms with van der Waals surface area (Å²) < 4.78 is 7.38. The third-order valence-electron chi connectivity index (χ3n) is 3.18. The molecule has 18 heavy (non-hydrogen) atoms. The molecular weight excluding hydrogens is 270 g/mol. The molecule has 2 aromatic heterocycles. The van der Waals surface area contributed by atoms with E-state index in [9.17, 15) is 0 Å². The fourth-order valence-electron chi connectivity index (χ4n) is 2.32. The van der Waals surface area contributed by atoms with Crippen molar-refractivity contribution in [3.8, 4) is 5.88 Å². The lowest BCUT2D eigenvalue weighted by Gasteiger charge is -2.14. The number of hydrogen-bond acceptors (Lipinski definition) is 4. The summed E-state index contributed by atoms with van der Waals surface area (Å²) in [5.41, 5.74) is 1.78. The van der Waals surface area contributed by atoms with E-state index in [1.54, 1.807) is 7.11 Å². The first kappa shape index (κ1) is 12.1. The number of pyridine rings is 1. The quantitative estimate of drug-likeness (QED) is 0.812. The summed E-state index contributed by atoms with van der Waals surface area (Å²) in [6, 6.07) is 4.23. The molecule has 0 bridgehead atoms. The maximum Gasteiger partial charge on any atom is 0.215 e. The van der Waals surface area contributed by atoms with E-state index in [0.29, 0.717) is 17.8 Å². The zero-order valence-electron chi connectivity index (χ0n) is 10.1. The van der Waals surface area contributed by atoms with Crippen LogP contribution in [-0.4, -0.2) is 33.2 Å². The molecule has 0 amide bonds. The second kappa shape index (κ2) is 4.97. The van der Waals surface area contributed by atoms with Gasteiger partial charge in [-0.15, -0.1) is 11.6 Å². The molecule has 1 unspecified atom stereocenters. The Morgan fingerprint density at radius 2 is 2.39 bits per heavy atom. The first-order valence-electron chi connectivity index (χ1n) is 5.89. The number of hydrogen-bond donors (Lipinski definition) is 0. The highest BCUT2D eigenvalue weighted by molar-refractivity contribution is 7.99. The number of thioether (sulfide) groups is 1. The first-order valence-corrected chi connectivity index (χ1v) is 7.58. The van der Waals surface area contributed by atoms with Crippen molar-refractivity contribution in [2.75, 3.05) is 18.6 Å². The van der Waals surface area contributed by atoms with Crippen molar-refractivity contribution in [3.05, 3.63) is 18.0 Å². The minimum atomic E-state index is 0.417. The maximum absolute atomic E-state index is 6.01. The molecule has 0 radical (unpaired) electrons. The normalized spacial score (nSPS) is 19.6. The summed E-state index contributed by atoms with van der Waals surface area (Å²) in [4.78, 5) is 9.07. The van der Waals surface area contributed by atoms with Crippen LogP contribution in [0.4, 0.5) is 0 Å². The van der Waals surface area contributed by atoms with Crippen LogP contribution in [0.1, 0.15) is 18.3 Å². The van der Waals surface area contributed by atoms with Crippen molar-refractivity contribution in [2.24, 2.45) is 0 Å². The Morgan fingerprint density at radius 3 is 3.06 bits per heavy atom. The maximum atomic E-state index is 6.01. The molecule has 96 valence electrons. The van der Waals surface area contributed by atoms with Crippen molar-refractivity contribution >= 4 is 34.5 Å². The van der Waals surface area contributed by atoms with Crippen molar-refractivity contribution in [2.45, 2.75) is 18.3 Å². The van der Waals surface area contributed by atoms with Crippen LogP contribution in [0.25, 0.3) is 11.2 Å². The lowest BCUT2D eigenvalue weighted by molar-refractivity contribution is 0.398. The highest BCUT2D eigenvalue weighted by atomic mass is 35.5. The molecular formula is C12H14ClN3OS. The number of ether oxygens (including phenoxy) is 1. The summed E-state index contributed by atoms with van der Waals surface area (Å²) in [6.45, 7) is 0. The molecule has 0 N–H and O–H groups in total. The highest BCUT2D eigenvalue weighted by Gasteiger charge is 2.23. The Labute approximate surface area is 115 Å². The van der Waals surface area contributed by atoms with Crippen LogP contribution in [0, 0.1) is 0 Å². The molecule has 6 heteroatoms. The van der Waals surface area contributed by atoms with Crippen LogP contribution in [0.15, 0.2) is 12.1 Å². The molecule has 3 rings (SSSR count). The molecule has 4 nitrogen and oxygen atoms in total. The largest absolute Gasteiger partial charge is 0.481 e. The van der Waals surface area contributed by atoms with Gasteiger partial charge in [-0.2, -0.15) is 16.7 Å². The number of rotatable bonds is 3. The van der Waals surface area contributed by atoms with Crippen LogP contribution in [0.5, 0.6) is 5.88 Å². The van der Waals surface area contributed by atoms with Crippen molar-refractivity contribution < 1.29 is 4.74 Å². The number of imidazole rings is 1. The van der Waals surface area contributed by atoms with E-state index in [4.69, 9.17) is 16.3 Å². The van der Waals surface area contributed by atoms with Gasteiger partial charge in [-0.25, -0.2) is 4.98 Å². The minimum Gasteiger partial charge on any atom is -0.481 e. The number of nitrogens with zero attached hydrogens (tertiary/aromatic N) is 3. The van der Waals surface area contributed by atoms with Crippen LogP contribution in [0.3, 0.4) is 0 Å². The van der Waals surface area contributed by atoms with Gasteiger partial charge in [-0.05, 0) is 18.2 Å². The van der Waals surface area contributed by atoms with Gasteiger partial charge >= 0.3 is 0 Å². The van der Waals surface area contributed by atoms with E-state index in [1.807, 2.05) is 23.9 Å². The van der Waals surface area contributed by atoms with Crippen molar-refractivity contribution in [3.63, 3.8) is 0 Å². The molecule has 1 saturated heterocycles. The van der Waals surface area contributed by atoms with E-state index in [-0.39, 0.29) is 0 Å². The Hall–Kier alpha value is -0.940. The smallest absolute Gasteiger partial charge is 0.215 e. The number of methoxy groups -OCH3 is 1. The van der Waals surface area contributed by atoms with E-state index in [2.05, 4.69) is 14.5 Å². The molecule has 1 atom stereocenters. The van der Waals surface area contributed by atoms with Crippen LogP contribution in [-0.2, 0) is 5.88 Å². The second-order valence-corrected chi connectivity index (χ2v) is 5.66. The van der Waals surface area contributed by atoms with Crippen LogP contribution >= 0.6 is 23.4 Å². The summed E-state index contributed by atoms with van der Waals surface area (Å²) in [5.74, 6) is 4.24. The van der Waals surface area contributed by atoms with Gasteiger partial charge in [0.25, 0.3) is 0 Å². The molecule has 0 spiro atoms. The Morgan fingerprint density at radius 1 is 1.50 bits per heavy atom. The van der Waals surface area contributed by atoms with E-state index < -0.39 is 0 Å². The molecule has 1 aliphatic rings. The SMILES string of the molecule is COc1ccc2nc(CCl)n(C3CCSC3)c2n1. The third-order valence-corrected chi connectivity index (χ3v) is 4.57. The van der Waals surface area contributed by atoms with E-state index in [0.717, 1.165) is 29.2 Å². The lowest BCUT2D eigenvalue weighted by atomic mass is 10.2. The zero-order chi connectivity index (χ0) is 12.5. The second-order valence-electron chi connectivity index (χ2n) is 4.25. The standard InChI is InChI=1S/C12H14ClN3OS/c1-17-11-3-2-9-12(15-11)16(10(6-13)14-9)8-4-5-18-7-8/h2-3,8H,4-7H2,1H3. The third kappa shape index (κ3) is 1.95. The number of halogens is 1. The van der Waals surface area contributed by atoms with Crippen molar-refractivity contribution in [1.82, 2.24) is 14.5 Å². The minimum absolute atomic E-state index is 0.417. The number of alkyl halides is 1. The fourth-order valence-corrected chi connectivity index (χ4v) is 3.70. The average Bonchev–Trinajstić information content (AvgIpc) is 3.03. The molecule has 0 aliphatic carbocycles. The monoisotopic (exact) mass is 283 g/mol. The average molecular weight is 284 g/mol. The van der Waals surface area contributed by atoms with Gasteiger partial charge in [-0.1, -0.05) is 0 Å². The topological polar surface area (TPSA) is 39.9 Å². The van der Waals surface area contributed by atoms with Gasteiger partial charge in [-0.3, -0.25) is 0 Å². The zero-order valence-corrected chi connectivity index (χ0v) is 11.7. The van der Waals surface area contributed by atoms with Crippen molar-refractivity contribution in [1.29, 1.82) is 0 Å². The number of aromatic nitrogens is 3. The molecule has 1 aliphatic heterocycles. The van der Waals surface area contributed by atoms with Crippen LogP contribution < -0.4 is 4.74 Å². The summed E-state index contributed by atoms with van der Waals surface area (Å²) in [5, 5.41) is 0. The van der Waals surface area contributed by atoms with Gasteiger partial charge in [0.15, 0.2) is 5.65 Å². The van der Waals surface area contributed by atoms with Gasteiger partial charge < -0.3 is 9.30 Å². The van der Waals surface area contributed by atoms with Crippen LogP contribution in [0.2, 0.25) is 0 Å². The van der Waals surface area contributed by atoms with E-state index >= 15 is 0 Å².